The summed E-state index contributed by atoms with van der Waals surface area (Å²) in [5.74, 6) is 0.421. The Labute approximate surface area is 91.4 Å². The van der Waals surface area contributed by atoms with Crippen LogP contribution in [0.4, 0.5) is 13.2 Å². The van der Waals surface area contributed by atoms with Gasteiger partial charge < -0.3 is 5.73 Å². The molecule has 2 N–H and O–H groups in total. The van der Waals surface area contributed by atoms with Crippen molar-refractivity contribution in [3.05, 3.63) is 34.9 Å². The van der Waals surface area contributed by atoms with Gasteiger partial charge in [0, 0.05) is 6.04 Å². The molecule has 0 aliphatic heterocycles. The Morgan fingerprint density at radius 1 is 1.06 bits per heavy atom. The summed E-state index contributed by atoms with van der Waals surface area (Å²) < 4.78 is 37.7. The molecule has 1 fully saturated rings. The fourth-order valence-electron chi connectivity index (χ4n) is 3.16. The summed E-state index contributed by atoms with van der Waals surface area (Å²) in [7, 11) is 0. The van der Waals surface area contributed by atoms with Crippen molar-refractivity contribution in [2.45, 2.75) is 36.9 Å². The van der Waals surface area contributed by atoms with Gasteiger partial charge in [-0.3, -0.25) is 0 Å². The molecule has 1 aromatic rings. The second kappa shape index (κ2) is 3.00. The average molecular weight is 227 g/mol. The van der Waals surface area contributed by atoms with Crippen LogP contribution in [0.2, 0.25) is 0 Å². The Kier molecular flexibility index (Phi) is 1.90. The lowest BCUT2D eigenvalue weighted by atomic mass is 9.90. The molecule has 86 valence electrons. The van der Waals surface area contributed by atoms with Crippen LogP contribution < -0.4 is 5.73 Å². The van der Waals surface area contributed by atoms with E-state index in [1.54, 1.807) is 6.07 Å². The molecule has 2 aliphatic carbocycles. The summed E-state index contributed by atoms with van der Waals surface area (Å²) in [5, 5.41) is 0. The monoisotopic (exact) mass is 227 g/mol. The van der Waals surface area contributed by atoms with Crippen molar-refractivity contribution in [3.63, 3.8) is 0 Å². The van der Waals surface area contributed by atoms with E-state index in [-0.39, 0.29) is 17.9 Å². The highest BCUT2D eigenvalue weighted by atomic mass is 19.4. The van der Waals surface area contributed by atoms with Crippen molar-refractivity contribution >= 4 is 0 Å². The Hall–Kier alpha value is -1.03. The van der Waals surface area contributed by atoms with Crippen LogP contribution in [0.25, 0.3) is 0 Å². The lowest BCUT2D eigenvalue weighted by molar-refractivity contribution is -0.137. The molecule has 0 spiro atoms. The topological polar surface area (TPSA) is 26.0 Å². The predicted octanol–water partition coefficient (Wildman–Crippen LogP) is 3.01. The molecule has 0 aromatic heterocycles. The SMILES string of the molecule is N[C@H]1[C@@H]2CC[C@H]1c1ccc(C(F)(F)F)cc12. The number of rotatable bonds is 0. The first-order valence-electron chi connectivity index (χ1n) is 5.45. The molecular formula is C12H12F3N. The van der Waals surface area contributed by atoms with Gasteiger partial charge in [-0.2, -0.15) is 13.2 Å². The number of benzene rings is 1. The first-order chi connectivity index (χ1) is 7.48. The minimum atomic E-state index is -4.25. The minimum absolute atomic E-state index is 0.0264. The maximum absolute atomic E-state index is 12.6. The summed E-state index contributed by atoms with van der Waals surface area (Å²) in [6.07, 6.45) is -2.30. The molecule has 1 saturated carbocycles. The van der Waals surface area contributed by atoms with Crippen molar-refractivity contribution in [3.8, 4) is 0 Å². The van der Waals surface area contributed by atoms with Crippen molar-refractivity contribution < 1.29 is 13.2 Å². The van der Waals surface area contributed by atoms with E-state index in [0.29, 0.717) is 0 Å². The van der Waals surface area contributed by atoms with Gasteiger partial charge in [0.25, 0.3) is 0 Å². The molecule has 3 atom stereocenters. The number of fused-ring (bicyclic) bond motifs is 5. The largest absolute Gasteiger partial charge is 0.416 e. The van der Waals surface area contributed by atoms with E-state index >= 15 is 0 Å². The lowest BCUT2D eigenvalue weighted by Crippen LogP contribution is -2.22. The highest BCUT2D eigenvalue weighted by Crippen LogP contribution is 2.52. The molecule has 0 saturated heterocycles. The van der Waals surface area contributed by atoms with Crippen molar-refractivity contribution in [2.75, 3.05) is 0 Å². The Balaban J connectivity index is 2.09. The third-order valence-corrected chi connectivity index (χ3v) is 3.93. The molecular weight excluding hydrogens is 215 g/mol. The van der Waals surface area contributed by atoms with Crippen LogP contribution in [0.1, 0.15) is 41.4 Å². The van der Waals surface area contributed by atoms with Crippen LogP contribution in [0.3, 0.4) is 0 Å². The number of alkyl halides is 3. The Morgan fingerprint density at radius 2 is 1.69 bits per heavy atom. The maximum Gasteiger partial charge on any atom is 0.416 e. The van der Waals surface area contributed by atoms with Gasteiger partial charge in [-0.25, -0.2) is 0 Å². The van der Waals surface area contributed by atoms with E-state index in [1.165, 1.54) is 12.1 Å². The van der Waals surface area contributed by atoms with E-state index in [4.69, 9.17) is 5.73 Å². The minimum Gasteiger partial charge on any atom is -0.327 e. The van der Waals surface area contributed by atoms with Gasteiger partial charge in [-0.05, 0) is 47.9 Å². The Bertz CT molecular complexity index is 438. The third kappa shape index (κ3) is 1.22. The number of hydrogen-bond acceptors (Lipinski definition) is 1. The molecule has 0 amide bonds. The second-order valence-electron chi connectivity index (χ2n) is 4.71. The smallest absolute Gasteiger partial charge is 0.327 e. The molecule has 0 unspecified atom stereocenters. The van der Waals surface area contributed by atoms with Gasteiger partial charge in [0.1, 0.15) is 0 Å². The predicted molar refractivity (Wildman–Crippen MR) is 54.1 cm³/mol. The average Bonchev–Trinajstić information content (AvgIpc) is 2.71. The van der Waals surface area contributed by atoms with Crippen LogP contribution in [-0.2, 0) is 6.18 Å². The van der Waals surface area contributed by atoms with Gasteiger partial charge in [0.2, 0.25) is 0 Å². The van der Waals surface area contributed by atoms with Gasteiger partial charge in [0.05, 0.1) is 5.56 Å². The van der Waals surface area contributed by atoms with Crippen LogP contribution in [0.15, 0.2) is 18.2 Å². The standard InChI is InChI=1S/C12H12F3N/c13-12(14,15)6-1-2-7-8-3-4-9(11(8)16)10(7)5-6/h1-2,5,8-9,11H,3-4,16H2/t8-,9+,11+/m0/s1. The fraction of sp³-hybridized carbons (Fsp3) is 0.500. The molecule has 1 nitrogen and oxygen atoms in total. The second-order valence-corrected chi connectivity index (χ2v) is 4.71. The van der Waals surface area contributed by atoms with Crippen molar-refractivity contribution in [2.24, 2.45) is 5.73 Å². The van der Waals surface area contributed by atoms with Crippen LogP contribution >= 0.6 is 0 Å². The molecule has 0 heterocycles. The summed E-state index contributed by atoms with van der Waals surface area (Å²) in [5.41, 5.74) is 7.33. The van der Waals surface area contributed by atoms with Gasteiger partial charge in [-0.1, -0.05) is 6.07 Å². The number of nitrogens with two attached hydrogens (primary N) is 1. The van der Waals surface area contributed by atoms with Gasteiger partial charge in [-0.15, -0.1) is 0 Å². The highest BCUT2D eigenvalue weighted by molar-refractivity contribution is 5.46. The lowest BCUT2D eigenvalue weighted by Gasteiger charge is -2.16. The summed E-state index contributed by atoms with van der Waals surface area (Å²) in [4.78, 5) is 0. The van der Waals surface area contributed by atoms with E-state index < -0.39 is 11.7 Å². The van der Waals surface area contributed by atoms with Crippen molar-refractivity contribution in [1.82, 2.24) is 0 Å². The van der Waals surface area contributed by atoms with E-state index in [1.807, 2.05) is 0 Å². The zero-order chi connectivity index (χ0) is 11.5. The summed E-state index contributed by atoms with van der Waals surface area (Å²) in [6.45, 7) is 0. The van der Waals surface area contributed by atoms with E-state index in [9.17, 15) is 13.2 Å². The molecule has 16 heavy (non-hydrogen) atoms. The normalized spacial score (nSPS) is 31.9. The van der Waals surface area contributed by atoms with Crippen molar-refractivity contribution in [1.29, 1.82) is 0 Å². The van der Waals surface area contributed by atoms with Gasteiger partial charge >= 0.3 is 6.18 Å². The van der Waals surface area contributed by atoms with Crippen LogP contribution in [-0.4, -0.2) is 6.04 Å². The Morgan fingerprint density at radius 3 is 2.31 bits per heavy atom. The molecule has 4 heteroatoms. The number of hydrogen-bond donors (Lipinski definition) is 1. The van der Waals surface area contributed by atoms with E-state index in [0.717, 1.165) is 24.0 Å². The van der Waals surface area contributed by atoms with E-state index in [2.05, 4.69) is 0 Å². The first kappa shape index (κ1) is 10.1. The molecule has 2 aliphatic rings. The maximum atomic E-state index is 12.6. The molecule has 2 bridgehead atoms. The quantitative estimate of drug-likeness (QED) is 0.724. The summed E-state index contributed by atoms with van der Waals surface area (Å²) >= 11 is 0. The first-order valence-corrected chi connectivity index (χ1v) is 5.45. The molecule has 0 radical (unpaired) electrons. The van der Waals surface area contributed by atoms with Crippen LogP contribution in [0, 0.1) is 0 Å². The zero-order valence-electron chi connectivity index (χ0n) is 8.59. The molecule has 1 aromatic carbocycles. The van der Waals surface area contributed by atoms with Gasteiger partial charge in [0.15, 0.2) is 0 Å². The molecule has 3 rings (SSSR count). The summed E-state index contributed by atoms with van der Waals surface area (Å²) in [6, 6.07) is 4.10. The number of halogens is 3. The third-order valence-electron chi connectivity index (χ3n) is 3.93. The fourth-order valence-corrected chi connectivity index (χ4v) is 3.16. The zero-order valence-corrected chi connectivity index (χ0v) is 8.59. The highest BCUT2D eigenvalue weighted by Gasteiger charge is 2.44. The van der Waals surface area contributed by atoms with Crippen LogP contribution in [0.5, 0.6) is 0 Å².